The van der Waals surface area contributed by atoms with E-state index in [2.05, 4.69) is 5.32 Å². The second-order valence-electron chi connectivity index (χ2n) is 5.47. The Morgan fingerprint density at radius 2 is 2.04 bits per heavy atom. The smallest absolute Gasteiger partial charge is 0.255 e. The van der Waals surface area contributed by atoms with Gasteiger partial charge in [-0.2, -0.15) is 0 Å². The van der Waals surface area contributed by atoms with Crippen molar-refractivity contribution in [2.75, 3.05) is 20.8 Å². The quantitative estimate of drug-likeness (QED) is 0.814. The summed E-state index contributed by atoms with van der Waals surface area (Å²) in [6.45, 7) is 3.97. The zero-order valence-corrected chi connectivity index (χ0v) is 14.4. The van der Waals surface area contributed by atoms with Gasteiger partial charge in [-0.15, -0.1) is 0 Å². The van der Waals surface area contributed by atoms with Crippen LogP contribution in [-0.2, 0) is 0 Å². The topological polar surface area (TPSA) is 80.9 Å². The van der Waals surface area contributed by atoms with Gasteiger partial charge in [0.05, 0.1) is 25.9 Å². The maximum Gasteiger partial charge on any atom is 0.255 e. The van der Waals surface area contributed by atoms with Gasteiger partial charge in [0.1, 0.15) is 11.5 Å². The fourth-order valence-corrected chi connectivity index (χ4v) is 2.62. The highest BCUT2D eigenvalue weighted by Crippen LogP contribution is 2.30. The van der Waals surface area contributed by atoms with Crippen molar-refractivity contribution >= 4 is 5.91 Å². The molecule has 0 fully saturated rings. The van der Waals surface area contributed by atoms with Gasteiger partial charge in [0.2, 0.25) is 0 Å². The molecule has 0 aliphatic heterocycles. The minimum absolute atomic E-state index is 0.280. The van der Waals surface area contributed by atoms with E-state index in [4.69, 9.17) is 13.9 Å². The lowest BCUT2D eigenvalue weighted by molar-refractivity contribution is 0.0939. The zero-order chi connectivity index (χ0) is 17.7. The number of para-hydroxylation sites is 1. The van der Waals surface area contributed by atoms with Crippen molar-refractivity contribution in [3.63, 3.8) is 0 Å². The van der Waals surface area contributed by atoms with Gasteiger partial charge in [-0.05, 0) is 38.5 Å². The number of rotatable bonds is 7. The summed E-state index contributed by atoms with van der Waals surface area (Å²) < 4.78 is 15.9. The van der Waals surface area contributed by atoms with E-state index in [1.165, 1.54) is 14.2 Å². The number of benzene rings is 1. The van der Waals surface area contributed by atoms with E-state index in [1.54, 1.807) is 18.2 Å². The third kappa shape index (κ3) is 3.89. The molecule has 1 amide bonds. The number of furan rings is 1. The van der Waals surface area contributed by atoms with Gasteiger partial charge in [0.25, 0.3) is 5.91 Å². The van der Waals surface area contributed by atoms with Crippen LogP contribution in [0, 0.1) is 13.8 Å². The van der Waals surface area contributed by atoms with E-state index in [-0.39, 0.29) is 5.91 Å². The lowest BCUT2D eigenvalue weighted by atomic mass is 10.1. The van der Waals surface area contributed by atoms with Gasteiger partial charge in [0, 0.05) is 12.1 Å². The lowest BCUT2D eigenvalue weighted by Gasteiger charge is -2.14. The molecule has 2 aromatic rings. The molecule has 0 saturated carbocycles. The van der Waals surface area contributed by atoms with Crippen molar-refractivity contribution in [3.05, 3.63) is 46.9 Å². The molecule has 1 heterocycles. The van der Waals surface area contributed by atoms with Crippen molar-refractivity contribution in [1.29, 1.82) is 0 Å². The molecule has 0 radical (unpaired) electrons. The normalized spacial score (nSPS) is 11.9. The Balaban J connectivity index is 1.98. The molecule has 0 saturated heterocycles. The Labute approximate surface area is 141 Å². The van der Waals surface area contributed by atoms with Crippen LogP contribution in [0.3, 0.4) is 0 Å². The van der Waals surface area contributed by atoms with Crippen molar-refractivity contribution in [3.8, 4) is 11.5 Å². The van der Waals surface area contributed by atoms with Gasteiger partial charge >= 0.3 is 0 Å². The number of carbonyl (C=O) groups excluding carboxylic acids is 1. The number of carbonyl (C=O) groups is 1. The van der Waals surface area contributed by atoms with Crippen molar-refractivity contribution in [1.82, 2.24) is 5.32 Å². The largest absolute Gasteiger partial charge is 0.493 e. The van der Waals surface area contributed by atoms with E-state index in [0.717, 1.165) is 11.3 Å². The summed E-state index contributed by atoms with van der Waals surface area (Å²) in [6, 6.07) is 6.93. The summed E-state index contributed by atoms with van der Waals surface area (Å²) in [4.78, 5) is 12.3. The van der Waals surface area contributed by atoms with E-state index in [0.29, 0.717) is 35.8 Å². The second kappa shape index (κ2) is 7.88. The van der Waals surface area contributed by atoms with Crippen LogP contribution >= 0.6 is 0 Å². The Hall–Kier alpha value is -2.47. The predicted octanol–water partition coefficient (Wildman–Crippen LogP) is 2.77. The van der Waals surface area contributed by atoms with E-state index >= 15 is 0 Å². The molecule has 1 aromatic carbocycles. The number of nitrogens with one attached hydrogen (secondary N) is 1. The average Bonchev–Trinajstić information content (AvgIpc) is 2.92. The van der Waals surface area contributed by atoms with Crippen molar-refractivity contribution < 1.29 is 23.8 Å². The van der Waals surface area contributed by atoms with Crippen LogP contribution in [0.1, 0.15) is 40.0 Å². The highest BCUT2D eigenvalue weighted by molar-refractivity contribution is 5.97. The molecule has 1 atom stereocenters. The standard InChI is InChI=1S/C18H23NO5/c1-11-10-14(12(2)24-11)15(20)8-9-19-18(21)13-6-5-7-16(22-3)17(13)23-4/h5-7,10,15,20H,8-9H2,1-4H3,(H,19,21). The number of ether oxygens (including phenoxy) is 2. The Morgan fingerprint density at radius 1 is 1.29 bits per heavy atom. The van der Waals surface area contributed by atoms with Crippen LogP contribution < -0.4 is 14.8 Å². The summed E-state index contributed by atoms with van der Waals surface area (Å²) >= 11 is 0. The fourth-order valence-electron chi connectivity index (χ4n) is 2.62. The maximum absolute atomic E-state index is 12.3. The molecular formula is C18H23NO5. The molecule has 6 heteroatoms. The third-order valence-corrected chi connectivity index (χ3v) is 3.79. The van der Waals surface area contributed by atoms with Crippen LogP contribution in [0.25, 0.3) is 0 Å². The summed E-state index contributed by atoms with van der Waals surface area (Å²) in [6.07, 6.45) is -0.298. The number of aryl methyl sites for hydroxylation is 2. The van der Waals surface area contributed by atoms with Crippen LogP contribution in [0.4, 0.5) is 0 Å². The maximum atomic E-state index is 12.3. The number of amides is 1. The Morgan fingerprint density at radius 3 is 2.62 bits per heavy atom. The first-order chi connectivity index (χ1) is 11.5. The number of hydrogen-bond acceptors (Lipinski definition) is 5. The molecule has 2 rings (SSSR count). The van der Waals surface area contributed by atoms with Crippen LogP contribution in [0.2, 0.25) is 0 Å². The predicted molar refractivity (Wildman–Crippen MR) is 89.6 cm³/mol. The molecule has 0 aliphatic carbocycles. The van der Waals surface area contributed by atoms with Gasteiger partial charge in [-0.3, -0.25) is 4.79 Å². The minimum Gasteiger partial charge on any atom is -0.493 e. The molecule has 0 bridgehead atoms. The molecule has 1 aromatic heterocycles. The molecule has 0 spiro atoms. The third-order valence-electron chi connectivity index (χ3n) is 3.79. The summed E-state index contributed by atoms with van der Waals surface area (Å²) in [5.41, 5.74) is 1.14. The highest BCUT2D eigenvalue weighted by Gasteiger charge is 2.18. The minimum atomic E-state index is -0.685. The van der Waals surface area contributed by atoms with E-state index in [1.807, 2.05) is 19.9 Å². The Bertz CT molecular complexity index is 707. The molecule has 130 valence electrons. The Kier molecular flexibility index (Phi) is 5.87. The van der Waals surface area contributed by atoms with E-state index < -0.39 is 6.10 Å². The van der Waals surface area contributed by atoms with Crippen molar-refractivity contribution in [2.45, 2.75) is 26.4 Å². The van der Waals surface area contributed by atoms with Crippen LogP contribution in [-0.4, -0.2) is 31.8 Å². The SMILES string of the molecule is COc1cccc(C(=O)NCCC(O)c2cc(C)oc2C)c1OC. The molecule has 0 aliphatic rings. The lowest BCUT2D eigenvalue weighted by Crippen LogP contribution is -2.26. The van der Waals surface area contributed by atoms with Crippen molar-refractivity contribution in [2.24, 2.45) is 0 Å². The second-order valence-corrected chi connectivity index (χ2v) is 5.47. The summed E-state index contributed by atoms with van der Waals surface area (Å²) in [7, 11) is 3.01. The van der Waals surface area contributed by atoms with Gasteiger partial charge in [-0.1, -0.05) is 6.07 Å². The molecule has 6 nitrogen and oxygen atoms in total. The van der Waals surface area contributed by atoms with Gasteiger partial charge in [0.15, 0.2) is 11.5 Å². The molecule has 1 unspecified atom stereocenters. The van der Waals surface area contributed by atoms with Gasteiger partial charge < -0.3 is 24.3 Å². The first-order valence-electron chi connectivity index (χ1n) is 7.72. The first-order valence-corrected chi connectivity index (χ1v) is 7.72. The number of aliphatic hydroxyl groups is 1. The van der Waals surface area contributed by atoms with Crippen LogP contribution in [0.5, 0.6) is 11.5 Å². The molecular weight excluding hydrogens is 310 g/mol. The van der Waals surface area contributed by atoms with Gasteiger partial charge in [-0.25, -0.2) is 0 Å². The number of hydrogen-bond donors (Lipinski definition) is 2. The number of methoxy groups -OCH3 is 2. The van der Waals surface area contributed by atoms with E-state index in [9.17, 15) is 9.90 Å². The molecule has 24 heavy (non-hydrogen) atoms. The summed E-state index contributed by atoms with van der Waals surface area (Å²) in [5, 5.41) is 13.0. The highest BCUT2D eigenvalue weighted by atomic mass is 16.5. The average molecular weight is 333 g/mol. The first kappa shape index (κ1) is 17.9. The van der Waals surface area contributed by atoms with Crippen LogP contribution in [0.15, 0.2) is 28.7 Å². The zero-order valence-electron chi connectivity index (χ0n) is 14.4. The number of aliphatic hydroxyl groups excluding tert-OH is 1. The summed E-state index contributed by atoms with van der Waals surface area (Å²) in [5.74, 6) is 2.06. The molecule has 2 N–H and O–H groups in total. The monoisotopic (exact) mass is 333 g/mol. The fraction of sp³-hybridized carbons (Fsp3) is 0.389.